The van der Waals surface area contributed by atoms with E-state index in [1.807, 2.05) is 25.1 Å². The van der Waals surface area contributed by atoms with E-state index in [1.54, 1.807) is 12.1 Å². The highest BCUT2D eigenvalue weighted by Gasteiger charge is 2.06. The molecule has 5 heteroatoms. The Kier molecular flexibility index (Phi) is 5.01. The minimum Gasteiger partial charge on any atom is -0.491 e. The predicted octanol–water partition coefficient (Wildman–Crippen LogP) is 1.33. The molecule has 0 heterocycles. The van der Waals surface area contributed by atoms with E-state index in [0.29, 0.717) is 17.9 Å². The minimum atomic E-state index is -0.436. The van der Waals surface area contributed by atoms with E-state index < -0.39 is 5.91 Å². The molecule has 0 aromatic heterocycles. The minimum absolute atomic E-state index is 0.436. The molecule has 0 unspecified atom stereocenters. The zero-order chi connectivity index (χ0) is 12.1. The van der Waals surface area contributed by atoms with E-state index >= 15 is 0 Å². The summed E-state index contributed by atoms with van der Waals surface area (Å²) in [6.45, 7) is 1.42. The number of hydrogen-bond donors (Lipinski definition) is 1. The number of carbonyl (C=O) groups is 1. The Morgan fingerprint density at radius 3 is 2.75 bits per heavy atom. The molecule has 16 heavy (non-hydrogen) atoms. The fraction of sp³-hybridized carbons (Fsp3) is 0.364. The molecular weight excluding hydrogens is 319 g/mol. The van der Waals surface area contributed by atoms with Gasteiger partial charge in [-0.05, 0) is 54.9 Å². The molecule has 0 aliphatic carbocycles. The first-order valence-electron chi connectivity index (χ1n) is 4.87. The number of rotatable bonds is 5. The zero-order valence-electron chi connectivity index (χ0n) is 9.37. The first-order valence-corrected chi connectivity index (χ1v) is 5.95. The molecule has 1 aromatic carbocycles. The quantitative estimate of drug-likeness (QED) is 0.827. The number of primary amides is 1. The van der Waals surface area contributed by atoms with E-state index in [1.165, 1.54) is 0 Å². The van der Waals surface area contributed by atoms with Gasteiger partial charge in [-0.3, -0.25) is 4.79 Å². The Hall–Kier alpha value is -0.820. The lowest BCUT2D eigenvalue weighted by Crippen LogP contribution is -2.20. The summed E-state index contributed by atoms with van der Waals surface area (Å²) < 4.78 is 6.55. The molecular formula is C11H15IN2O2. The molecule has 0 saturated carbocycles. The largest absolute Gasteiger partial charge is 0.491 e. The van der Waals surface area contributed by atoms with Crippen LogP contribution in [-0.2, 0) is 0 Å². The van der Waals surface area contributed by atoms with Crippen LogP contribution >= 0.6 is 22.6 Å². The van der Waals surface area contributed by atoms with E-state index in [0.717, 1.165) is 10.1 Å². The normalized spacial score (nSPS) is 10.5. The smallest absolute Gasteiger partial charge is 0.248 e. The second-order valence-electron chi connectivity index (χ2n) is 3.66. The zero-order valence-corrected chi connectivity index (χ0v) is 11.5. The van der Waals surface area contributed by atoms with Crippen LogP contribution in [0.25, 0.3) is 0 Å². The summed E-state index contributed by atoms with van der Waals surface area (Å²) in [5, 5.41) is 0. The Balaban J connectivity index is 2.70. The maximum Gasteiger partial charge on any atom is 0.248 e. The molecule has 1 aromatic rings. The monoisotopic (exact) mass is 334 g/mol. The summed E-state index contributed by atoms with van der Waals surface area (Å²) in [6, 6.07) is 5.20. The van der Waals surface area contributed by atoms with Gasteiger partial charge in [0, 0.05) is 12.1 Å². The van der Waals surface area contributed by atoms with Crippen LogP contribution in [0, 0.1) is 3.57 Å². The second kappa shape index (κ2) is 6.05. The second-order valence-corrected chi connectivity index (χ2v) is 4.82. The maximum absolute atomic E-state index is 11.0. The van der Waals surface area contributed by atoms with Crippen LogP contribution in [-0.4, -0.2) is 38.1 Å². The maximum atomic E-state index is 11.0. The Bertz CT molecular complexity index is 380. The number of nitrogens with two attached hydrogens (primary N) is 1. The van der Waals surface area contributed by atoms with Gasteiger partial charge in [0.1, 0.15) is 12.4 Å². The summed E-state index contributed by atoms with van der Waals surface area (Å²) in [5.41, 5.74) is 5.68. The molecule has 0 spiro atoms. The lowest BCUT2D eigenvalue weighted by atomic mass is 10.2. The third-order valence-electron chi connectivity index (χ3n) is 2.01. The topological polar surface area (TPSA) is 55.6 Å². The van der Waals surface area contributed by atoms with Crippen LogP contribution in [0.1, 0.15) is 10.4 Å². The SMILES string of the molecule is CN(C)CCOc1cc(C(N)=O)ccc1I. The molecule has 88 valence electrons. The van der Waals surface area contributed by atoms with Crippen molar-refractivity contribution in [1.82, 2.24) is 4.90 Å². The summed E-state index contributed by atoms with van der Waals surface area (Å²) in [6.07, 6.45) is 0. The third kappa shape index (κ3) is 3.97. The van der Waals surface area contributed by atoms with Gasteiger partial charge in [0.2, 0.25) is 5.91 Å². The van der Waals surface area contributed by atoms with Crippen molar-refractivity contribution in [2.45, 2.75) is 0 Å². The molecule has 0 saturated heterocycles. The van der Waals surface area contributed by atoms with Gasteiger partial charge in [0.05, 0.1) is 3.57 Å². The highest BCUT2D eigenvalue weighted by Crippen LogP contribution is 2.22. The van der Waals surface area contributed by atoms with Crippen LogP contribution in [0.3, 0.4) is 0 Å². The number of likely N-dealkylation sites (N-methyl/N-ethyl adjacent to an activating group) is 1. The van der Waals surface area contributed by atoms with E-state index in [9.17, 15) is 4.79 Å². The van der Waals surface area contributed by atoms with Crippen molar-refractivity contribution in [3.63, 3.8) is 0 Å². The number of halogens is 1. The Morgan fingerprint density at radius 2 is 2.19 bits per heavy atom. The Labute approximate surface area is 109 Å². The van der Waals surface area contributed by atoms with Gasteiger partial charge in [-0.25, -0.2) is 0 Å². The number of ether oxygens (including phenoxy) is 1. The molecule has 0 bridgehead atoms. The van der Waals surface area contributed by atoms with E-state index in [4.69, 9.17) is 10.5 Å². The number of hydrogen-bond acceptors (Lipinski definition) is 3. The highest BCUT2D eigenvalue weighted by molar-refractivity contribution is 14.1. The average molecular weight is 334 g/mol. The molecule has 0 fully saturated rings. The molecule has 0 radical (unpaired) electrons. The van der Waals surface area contributed by atoms with Gasteiger partial charge in [0.25, 0.3) is 0 Å². The first-order chi connectivity index (χ1) is 7.50. The van der Waals surface area contributed by atoms with Gasteiger partial charge in [-0.15, -0.1) is 0 Å². The van der Waals surface area contributed by atoms with Crippen molar-refractivity contribution in [2.24, 2.45) is 5.73 Å². The van der Waals surface area contributed by atoms with E-state index in [2.05, 4.69) is 22.6 Å². The van der Waals surface area contributed by atoms with Gasteiger partial charge in [-0.1, -0.05) is 0 Å². The van der Waals surface area contributed by atoms with Crippen LogP contribution in [0.5, 0.6) is 5.75 Å². The molecule has 1 rings (SSSR count). The van der Waals surface area contributed by atoms with Crippen LogP contribution in [0.4, 0.5) is 0 Å². The van der Waals surface area contributed by atoms with Crippen molar-refractivity contribution in [2.75, 3.05) is 27.2 Å². The van der Waals surface area contributed by atoms with Crippen molar-refractivity contribution in [3.05, 3.63) is 27.3 Å². The third-order valence-corrected chi connectivity index (χ3v) is 2.90. The van der Waals surface area contributed by atoms with Gasteiger partial charge >= 0.3 is 0 Å². The molecule has 0 atom stereocenters. The fourth-order valence-electron chi connectivity index (χ4n) is 1.11. The molecule has 0 aliphatic rings. The van der Waals surface area contributed by atoms with Crippen molar-refractivity contribution in [3.8, 4) is 5.75 Å². The van der Waals surface area contributed by atoms with Crippen LogP contribution < -0.4 is 10.5 Å². The lowest BCUT2D eigenvalue weighted by molar-refractivity contribution is 0.0999. The van der Waals surface area contributed by atoms with Crippen molar-refractivity contribution in [1.29, 1.82) is 0 Å². The van der Waals surface area contributed by atoms with Crippen LogP contribution in [0.2, 0.25) is 0 Å². The highest BCUT2D eigenvalue weighted by atomic mass is 127. The number of benzene rings is 1. The van der Waals surface area contributed by atoms with Gasteiger partial charge in [-0.2, -0.15) is 0 Å². The predicted molar refractivity (Wildman–Crippen MR) is 71.7 cm³/mol. The van der Waals surface area contributed by atoms with Crippen molar-refractivity contribution >= 4 is 28.5 Å². The van der Waals surface area contributed by atoms with Crippen molar-refractivity contribution < 1.29 is 9.53 Å². The summed E-state index contributed by atoms with van der Waals surface area (Å²) >= 11 is 2.17. The van der Waals surface area contributed by atoms with Gasteiger partial charge in [0.15, 0.2) is 0 Å². The Morgan fingerprint density at radius 1 is 1.50 bits per heavy atom. The average Bonchev–Trinajstić information content (AvgIpc) is 2.20. The van der Waals surface area contributed by atoms with Gasteiger partial charge < -0.3 is 15.4 Å². The standard InChI is InChI=1S/C11H15IN2O2/c1-14(2)5-6-16-10-7-8(11(13)15)3-4-9(10)12/h3-4,7H,5-6H2,1-2H3,(H2,13,15). The molecule has 0 aliphatic heterocycles. The number of nitrogens with zero attached hydrogens (tertiary/aromatic N) is 1. The molecule has 4 nitrogen and oxygen atoms in total. The van der Waals surface area contributed by atoms with E-state index in [-0.39, 0.29) is 0 Å². The number of carbonyl (C=O) groups excluding carboxylic acids is 1. The molecule has 1 amide bonds. The first kappa shape index (κ1) is 13.2. The van der Waals surface area contributed by atoms with Crippen LogP contribution in [0.15, 0.2) is 18.2 Å². The number of amides is 1. The summed E-state index contributed by atoms with van der Waals surface area (Å²) in [4.78, 5) is 13.0. The summed E-state index contributed by atoms with van der Waals surface area (Å²) in [5.74, 6) is 0.271. The summed E-state index contributed by atoms with van der Waals surface area (Å²) in [7, 11) is 3.96. The molecule has 2 N–H and O–H groups in total. The fourth-order valence-corrected chi connectivity index (χ4v) is 1.60. The lowest BCUT2D eigenvalue weighted by Gasteiger charge is -2.12.